The predicted octanol–water partition coefficient (Wildman–Crippen LogP) is 1.45. The zero-order chi connectivity index (χ0) is 13.8. The van der Waals surface area contributed by atoms with E-state index in [4.69, 9.17) is 5.11 Å². The standard InChI is InChI=1S/C13H21NO3S/c1-11-5-6-12(2)13(9-11)10-14(3)18(16,17)8-4-7-15/h5-6,9,15H,4,7-8,10H2,1-3H3. The van der Waals surface area contributed by atoms with E-state index >= 15 is 0 Å². The molecule has 0 aliphatic heterocycles. The van der Waals surface area contributed by atoms with E-state index in [9.17, 15) is 8.42 Å². The van der Waals surface area contributed by atoms with Gasteiger partial charge in [-0.3, -0.25) is 0 Å². The molecule has 0 saturated heterocycles. The minimum Gasteiger partial charge on any atom is -0.396 e. The highest BCUT2D eigenvalue weighted by atomic mass is 32.2. The number of aliphatic hydroxyl groups is 1. The Balaban J connectivity index is 2.81. The van der Waals surface area contributed by atoms with E-state index in [0.29, 0.717) is 6.54 Å². The third kappa shape index (κ3) is 4.08. The smallest absolute Gasteiger partial charge is 0.214 e. The molecule has 0 unspecified atom stereocenters. The number of hydrogen-bond donors (Lipinski definition) is 1. The van der Waals surface area contributed by atoms with E-state index in [0.717, 1.165) is 16.7 Å². The fourth-order valence-corrected chi connectivity index (χ4v) is 2.85. The van der Waals surface area contributed by atoms with Crippen LogP contribution in [0.2, 0.25) is 0 Å². The Morgan fingerprint density at radius 2 is 1.94 bits per heavy atom. The molecular formula is C13H21NO3S. The SMILES string of the molecule is Cc1ccc(C)c(CN(C)S(=O)(=O)CCCO)c1. The van der Waals surface area contributed by atoms with Gasteiger partial charge in [-0.2, -0.15) is 0 Å². The second-order valence-electron chi connectivity index (χ2n) is 4.58. The Labute approximate surface area is 109 Å². The van der Waals surface area contributed by atoms with Crippen LogP contribution in [0.1, 0.15) is 23.1 Å². The van der Waals surface area contributed by atoms with Gasteiger partial charge in [0.15, 0.2) is 0 Å². The minimum atomic E-state index is -3.28. The average molecular weight is 271 g/mol. The summed E-state index contributed by atoms with van der Waals surface area (Å²) in [6.07, 6.45) is 0.277. The quantitative estimate of drug-likeness (QED) is 0.852. The van der Waals surface area contributed by atoms with Crippen molar-refractivity contribution in [3.63, 3.8) is 0 Å². The van der Waals surface area contributed by atoms with Crippen molar-refractivity contribution in [3.05, 3.63) is 34.9 Å². The van der Waals surface area contributed by atoms with Gasteiger partial charge in [-0.25, -0.2) is 12.7 Å². The van der Waals surface area contributed by atoms with E-state index in [1.165, 1.54) is 4.31 Å². The summed E-state index contributed by atoms with van der Waals surface area (Å²) in [6.45, 7) is 4.24. The highest BCUT2D eigenvalue weighted by Gasteiger charge is 2.18. The largest absolute Gasteiger partial charge is 0.396 e. The molecule has 102 valence electrons. The molecule has 0 heterocycles. The first-order chi connectivity index (χ1) is 8.36. The van der Waals surface area contributed by atoms with Crippen molar-refractivity contribution in [3.8, 4) is 0 Å². The molecule has 0 radical (unpaired) electrons. The maximum atomic E-state index is 11.9. The molecule has 1 aromatic carbocycles. The summed E-state index contributed by atoms with van der Waals surface area (Å²) >= 11 is 0. The molecule has 0 aromatic heterocycles. The van der Waals surface area contributed by atoms with Crippen LogP contribution in [0.15, 0.2) is 18.2 Å². The molecule has 0 amide bonds. The molecule has 0 bridgehead atoms. The van der Waals surface area contributed by atoms with Crippen molar-refractivity contribution in [1.82, 2.24) is 4.31 Å². The Hall–Kier alpha value is -0.910. The minimum absolute atomic E-state index is 0.00906. The molecule has 1 aromatic rings. The Morgan fingerprint density at radius 3 is 2.56 bits per heavy atom. The number of hydrogen-bond acceptors (Lipinski definition) is 3. The zero-order valence-corrected chi connectivity index (χ0v) is 12.0. The molecule has 0 aliphatic rings. The van der Waals surface area contributed by atoms with Crippen molar-refractivity contribution >= 4 is 10.0 Å². The molecule has 1 rings (SSSR count). The molecule has 0 aliphatic carbocycles. The van der Waals surface area contributed by atoms with Crippen LogP contribution >= 0.6 is 0 Å². The number of rotatable bonds is 6. The van der Waals surface area contributed by atoms with Gasteiger partial charge in [0.25, 0.3) is 0 Å². The van der Waals surface area contributed by atoms with Gasteiger partial charge in [0.05, 0.1) is 5.75 Å². The van der Waals surface area contributed by atoms with Crippen LogP contribution in [0.3, 0.4) is 0 Å². The number of nitrogens with zero attached hydrogens (tertiary/aromatic N) is 1. The van der Waals surface area contributed by atoms with Gasteiger partial charge >= 0.3 is 0 Å². The highest BCUT2D eigenvalue weighted by Crippen LogP contribution is 2.14. The van der Waals surface area contributed by atoms with Crippen LogP contribution in [0.5, 0.6) is 0 Å². The molecule has 0 saturated carbocycles. The maximum Gasteiger partial charge on any atom is 0.214 e. The number of aliphatic hydroxyl groups excluding tert-OH is 1. The lowest BCUT2D eigenvalue weighted by Gasteiger charge is -2.18. The van der Waals surface area contributed by atoms with Gasteiger partial charge in [0.1, 0.15) is 0 Å². The lowest BCUT2D eigenvalue weighted by Crippen LogP contribution is -2.29. The lowest BCUT2D eigenvalue weighted by atomic mass is 10.1. The fraction of sp³-hybridized carbons (Fsp3) is 0.538. The molecule has 0 fully saturated rings. The number of sulfonamides is 1. The Bertz CT molecular complexity index is 497. The van der Waals surface area contributed by atoms with Crippen LogP contribution in [0, 0.1) is 13.8 Å². The third-order valence-corrected chi connectivity index (χ3v) is 4.82. The van der Waals surface area contributed by atoms with E-state index in [1.807, 2.05) is 32.0 Å². The van der Waals surface area contributed by atoms with Gasteiger partial charge < -0.3 is 5.11 Å². The second kappa shape index (κ2) is 6.31. The average Bonchev–Trinajstić information content (AvgIpc) is 2.31. The summed E-state index contributed by atoms with van der Waals surface area (Å²) in [7, 11) is -1.70. The van der Waals surface area contributed by atoms with Crippen LogP contribution in [-0.2, 0) is 16.6 Å². The Kier molecular flexibility index (Phi) is 5.31. The van der Waals surface area contributed by atoms with E-state index in [1.54, 1.807) is 7.05 Å². The van der Waals surface area contributed by atoms with Gasteiger partial charge in [-0.05, 0) is 31.4 Å². The first kappa shape index (κ1) is 15.1. The third-order valence-electron chi connectivity index (χ3n) is 2.93. The monoisotopic (exact) mass is 271 g/mol. The van der Waals surface area contributed by atoms with Crippen molar-refractivity contribution in [2.75, 3.05) is 19.4 Å². The maximum absolute atomic E-state index is 11.9. The van der Waals surface area contributed by atoms with Crippen molar-refractivity contribution in [1.29, 1.82) is 0 Å². The summed E-state index contributed by atoms with van der Waals surface area (Å²) < 4.78 is 25.2. The highest BCUT2D eigenvalue weighted by molar-refractivity contribution is 7.89. The van der Waals surface area contributed by atoms with Crippen LogP contribution in [0.4, 0.5) is 0 Å². The molecule has 1 N–H and O–H groups in total. The number of aryl methyl sites for hydroxylation is 2. The molecule has 4 nitrogen and oxygen atoms in total. The molecule has 0 spiro atoms. The van der Waals surface area contributed by atoms with Gasteiger partial charge in [0, 0.05) is 20.2 Å². The topological polar surface area (TPSA) is 57.6 Å². The predicted molar refractivity (Wildman–Crippen MR) is 72.9 cm³/mol. The van der Waals surface area contributed by atoms with Crippen molar-refractivity contribution in [2.24, 2.45) is 0 Å². The first-order valence-electron chi connectivity index (χ1n) is 5.98. The summed E-state index contributed by atoms with van der Waals surface area (Å²) in [5, 5.41) is 8.70. The normalized spacial score (nSPS) is 12.1. The fourth-order valence-electron chi connectivity index (χ4n) is 1.71. The zero-order valence-electron chi connectivity index (χ0n) is 11.2. The van der Waals surface area contributed by atoms with E-state index in [2.05, 4.69) is 0 Å². The van der Waals surface area contributed by atoms with Crippen LogP contribution < -0.4 is 0 Å². The summed E-state index contributed by atoms with van der Waals surface area (Å²) in [5.41, 5.74) is 3.23. The molecule has 18 heavy (non-hydrogen) atoms. The summed E-state index contributed by atoms with van der Waals surface area (Å²) in [6, 6.07) is 6.02. The summed E-state index contributed by atoms with van der Waals surface area (Å²) in [5.74, 6) is -0.00906. The van der Waals surface area contributed by atoms with Crippen molar-refractivity contribution < 1.29 is 13.5 Å². The van der Waals surface area contributed by atoms with Crippen LogP contribution in [-0.4, -0.2) is 37.2 Å². The first-order valence-corrected chi connectivity index (χ1v) is 7.59. The van der Waals surface area contributed by atoms with Gasteiger partial charge in [-0.1, -0.05) is 23.8 Å². The van der Waals surface area contributed by atoms with Crippen molar-refractivity contribution in [2.45, 2.75) is 26.8 Å². The summed E-state index contributed by atoms with van der Waals surface area (Å²) in [4.78, 5) is 0. The molecule has 0 atom stereocenters. The van der Waals surface area contributed by atoms with Gasteiger partial charge in [-0.15, -0.1) is 0 Å². The second-order valence-corrected chi connectivity index (χ2v) is 6.77. The van der Waals surface area contributed by atoms with E-state index < -0.39 is 10.0 Å². The van der Waals surface area contributed by atoms with E-state index in [-0.39, 0.29) is 18.8 Å². The molecule has 5 heteroatoms. The van der Waals surface area contributed by atoms with Gasteiger partial charge in [0.2, 0.25) is 10.0 Å². The Morgan fingerprint density at radius 1 is 1.28 bits per heavy atom. The lowest BCUT2D eigenvalue weighted by molar-refractivity contribution is 0.294. The molecular weight excluding hydrogens is 250 g/mol. The number of benzene rings is 1. The van der Waals surface area contributed by atoms with Crippen LogP contribution in [0.25, 0.3) is 0 Å².